The fourth-order valence-electron chi connectivity index (χ4n) is 2.49. The van der Waals surface area contributed by atoms with Crippen molar-refractivity contribution in [1.82, 2.24) is 4.90 Å². The number of amides is 1. The van der Waals surface area contributed by atoms with Crippen LogP contribution < -0.4 is 10.5 Å². The second-order valence-electron chi connectivity index (χ2n) is 6.05. The molecule has 1 aromatic carbocycles. The Morgan fingerprint density at radius 3 is 2.35 bits per heavy atom. The average molecular weight is 274 g/mol. The van der Waals surface area contributed by atoms with Gasteiger partial charge in [-0.2, -0.15) is 0 Å². The minimum absolute atomic E-state index is 0.113. The molecule has 0 unspecified atom stereocenters. The molecule has 1 aromatic rings. The van der Waals surface area contributed by atoms with Gasteiger partial charge >= 0.3 is 0 Å². The molecular weight excluding hydrogens is 252 g/mol. The summed E-state index contributed by atoms with van der Waals surface area (Å²) in [7, 11) is 1.58. The van der Waals surface area contributed by atoms with E-state index in [0.29, 0.717) is 28.8 Å². The van der Waals surface area contributed by atoms with Gasteiger partial charge in [-0.15, -0.1) is 0 Å². The molecule has 2 fully saturated rings. The van der Waals surface area contributed by atoms with E-state index in [-0.39, 0.29) is 5.91 Å². The summed E-state index contributed by atoms with van der Waals surface area (Å²) in [5.74, 6) is 2.12. The van der Waals surface area contributed by atoms with Crippen molar-refractivity contribution in [3.8, 4) is 5.75 Å². The normalized spacial score (nSPS) is 17.9. The number of carbonyl (C=O) groups excluding carboxylic acids is 1. The van der Waals surface area contributed by atoms with E-state index in [2.05, 4.69) is 0 Å². The van der Waals surface area contributed by atoms with Crippen molar-refractivity contribution in [2.75, 3.05) is 25.9 Å². The highest BCUT2D eigenvalue weighted by Gasteiger charge is 2.32. The predicted molar refractivity (Wildman–Crippen MR) is 78.8 cm³/mol. The second-order valence-corrected chi connectivity index (χ2v) is 6.05. The molecule has 0 bridgehead atoms. The highest BCUT2D eigenvalue weighted by Crippen LogP contribution is 2.34. The van der Waals surface area contributed by atoms with E-state index in [1.165, 1.54) is 25.7 Å². The van der Waals surface area contributed by atoms with E-state index >= 15 is 0 Å². The molecule has 0 spiro atoms. The molecule has 108 valence electrons. The summed E-state index contributed by atoms with van der Waals surface area (Å²) in [6.07, 6.45) is 5.05. The molecule has 0 aliphatic heterocycles. The zero-order valence-electron chi connectivity index (χ0n) is 12.0. The van der Waals surface area contributed by atoms with Crippen LogP contribution >= 0.6 is 0 Å². The van der Waals surface area contributed by atoms with Gasteiger partial charge in [-0.1, -0.05) is 0 Å². The number of ether oxygens (including phenoxy) is 1. The molecule has 2 aliphatic carbocycles. The number of nitrogen functional groups attached to an aromatic ring is 1. The summed E-state index contributed by atoms with van der Waals surface area (Å²) < 4.78 is 5.21. The third-order valence-electron chi connectivity index (χ3n) is 4.12. The molecule has 20 heavy (non-hydrogen) atoms. The van der Waals surface area contributed by atoms with Crippen LogP contribution in [0.3, 0.4) is 0 Å². The van der Waals surface area contributed by atoms with Crippen LogP contribution in [0.25, 0.3) is 0 Å². The molecule has 2 saturated carbocycles. The Labute approximate surface area is 119 Å². The van der Waals surface area contributed by atoms with Crippen molar-refractivity contribution in [3.63, 3.8) is 0 Å². The summed E-state index contributed by atoms with van der Waals surface area (Å²) in [6, 6.07) is 5.30. The Balaban J connectivity index is 1.76. The molecule has 0 saturated heterocycles. The molecule has 0 atom stereocenters. The van der Waals surface area contributed by atoms with E-state index in [4.69, 9.17) is 10.5 Å². The van der Waals surface area contributed by atoms with Crippen molar-refractivity contribution in [3.05, 3.63) is 23.8 Å². The van der Waals surface area contributed by atoms with Crippen LogP contribution in [0.5, 0.6) is 5.75 Å². The van der Waals surface area contributed by atoms with Gasteiger partial charge in [0, 0.05) is 18.7 Å². The predicted octanol–water partition coefficient (Wildman–Crippen LogP) is 2.54. The van der Waals surface area contributed by atoms with Gasteiger partial charge in [0.1, 0.15) is 5.75 Å². The number of methoxy groups -OCH3 is 1. The first-order valence-corrected chi connectivity index (χ1v) is 7.40. The third-order valence-corrected chi connectivity index (χ3v) is 4.12. The number of carbonyl (C=O) groups is 1. The lowest BCUT2D eigenvalue weighted by Gasteiger charge is -2.23. The van der Waals surface area contributed by atoms with Crippen molar-refractivity contribution >= 4 is 11.6 Å². The first-order valence-electron chi connectivity index (χ1n) is 7.40. The topological polar surface area (TPSA) is 55.6 Å². The van der Waals surface area contributed by atoms with Gasteiger partial charge in [0.2, 0.25) is 0 Å². The Morgan fingerprint density at radius 1 is 1.25 bits per heavy atom. The van der Waals surface area contributed by atoms with E-state index in [1.807, 2.05) is 4.90 Å². The van der Waals surface area contributed by atoms with E-state index in [1.54, 1.807) is 25.3 Å². The van der Waals surface area contributed by atoms with Crippen molar-refractivity contribution < 1.29 is 9.53 Å². The van der Waals surface area contributed by atoms with Gasteiger partial charge in [0.15, 0.2) is 0 Å². The molecule has 3 rings (SSSR count). The van der Waals surface area contributed by atoms with Gasteiger partial charge in [-0.05, 0) is 55.7 Å². The number of hydrogen-bond acceptors (Lipinski definition) is 3. The quantitative estimate of drug-likeness (QED) is 0.811. The van der Waals surface area contributed by atoms with Crippen molar-refractivity contribution in [2.45, 2.75) is 25.7 Å². The van der Waals surface area contributed by atoms with Crippen LogP contribution in [-0.2, 0) is 0 Å². The van der Waals surface area contributed by atoms with Crippen LogP contribution in [-0.4, -0.2) is 31.0 Å². The summed E-state index contributed by atoms with van der Waals surface area (Å²) in [5.41, 5.74) is 7.06. The molecule has 2 N–H and O–H groups in total. The molecule has 1 amide bonds. The number of benzene rings is 1. The zero-order valence-corrected chi connectivity index (χ0v) is 12.0. The molecule has 0 heterocycles. The first kappa shape index (κ1) is 13.3. The van der Waals surface area contributed by atoms with Gasteiger partial charge < -0.3 is 15.4 Å². The van der Waals surface area contributed by atoms with Crippen LogP contribution in [0.15, 0.2) is 18.2 Å². The standard InChI is InChI=1S/C16H22N2O2/c1-20-15-8-13(6-7-14(15)17)16(19)18(9-11-2-3-11)10-12-4-5-12/h6-8,11-12H,2-5,9-10,17H2,1H3. The SMILES string of the molecule is COc1cc(C(=O)N(CC2CC2)CC2CC2)ccc1N. The lowest BCUT2D eigenvalue weighted by atomic mass is 10.1. The van der Waals surface area contributed by atoms with Crippen LogP contribution in [0, 0.1) is 11.8 Å². The van der Waals surface area contributed by atoms with Crippen molar-refractivity contribution in [2.24, 2.45) is 11.8 Å². The summed E-state index contributed by atoms with van der Waals surface area (Å²) >= 11 is 0. The van der Waals surface area contributed by atoms with Gasteiger partial charge in [-0.25, -0.2) is 0 Å². The highest BCUT2D eigenvalue weighted by molar-refractivity contribution is 5.95. The van der Waals surface area contributed by atoms with Crippen LogP contribution in [0.1, 0.15) is 36.0 Å². The number of hydrogen-bond donors (Lipinski definition) is 1. The maximum atomic E-state index is 12.7. The zero-order chi connectivity index (χ0) is 14.1. The van der Waals surface area contributed by atoms with E-state index in [9.17, 15) is 4.79 Å². The van der Waals surface area contributed by atoms with Gasteiger partial charge in [-0.3, -0.25) is 4.79 Å². The Morgan fingerprint density at radius 2 is 1.85 bits per heavy atom. The molecule has 4 nitrogen and oxygen atoms in total. The molecule has 2 aliphatic rings. The van der Waals surface area contributed by atoms with Crippen molar-refractivity contribution in [1.29, 1.82) is 0 Å². The Bertz CT molecular complexity index is 493. The lowest BCUT2D eigenvalue weighted by molar-refractivity contribution is 0.0739. The first-order chi connectivity index (χ1) is 9.67. The summed E-state index contributed by atoms with van der Waals surface area (Å²) in [4.78, 5) is 14.7. The Hall–Kier alpha value is -1.71. The van der Waals surface area contributed by atoms with E-state index in [0.717, 1.165) is 13.1 Å². The van der Waals surface area contributed by atoms with Crippen LogP contribution in [0.4, 0.5) is 5.69 Å². The van der Waals surface area contributed by atoms with Gasteiger partial charge in [0.25, 0.3) is 5.91 Å². The third kappa shape index (κ3) is 3.06. The second kappa shape index (κ2) is 5.35. The maximum absolute atomic E-state index is 12.7. The number of nitrogens with two attached hydrogens (primary N) is 1. The number of rotatable bonds is 6. The minimum Gasteiger partial charge on any atom is -0.495 e. The molecular formula is C16H22N2O2. The summed E-state index contributed by atoms with van der Waals surface area (Å²) in [6.45, 7) is 1.81. The smallest absolute Gasteiger partial charge is 0.254 e. The maximum Gasteiger partial charge on any atom is 0.254 e. The Kier molecular flexibility index (Phi) is 3.55. The monoisotopic (exact) mass is 274 g/mol. The molecule has 0 radical (unpaired) electrons. The van der Waals surface area contributed by atoms with Crippen LogP contribution in [0.2, 0.25) is 0 Å². The minimum atomic E-state index is 0.113. The van der Waals surface area contributed by atoms with Gasteiger partial charge in [0.05, 0.1) is 12.8 Å². The highest BCUT2D eigenvalue weighted by atomic mass is 16.5. The largest absolute Gasteiger partial charge is 0.495 e. The lowest BCUT2D eigenvalue weighted by Crippen LogP contribution is -2.34. The molecule has 0 aromatic heterocycles. The number of anilines is 1. The fraction of sp³-hybridized carbons (Fsp3) is 0.562. The van der Waals surface area contributed by atoms with E-state index < -0.39 is 0 Å². The fourth-order valence-corrected chi connectivity index (χ4v) is 2.49. The average Bonchev–Trinajstić information content (AvgIpc) is 3.33. The number of nitrogens with zero attached hydrogens (tertiary/aromatic N) is 1. The summed E-state index contributed by atoms with van der Waals surface area (Å²) in [5, 5.41) is 0. The molecule has 4 heteroatoms.